The molecular weight excluding hydrogens is 283 g/mol. The van der Waals surface area contributed by atoms with Crippen molar-refractivity contribution in [2.45, 2.75) is 37.8 Å². The molecule has 2 aliphatic rings. The molecule has 1 heterocycles. The number of hydrogen-bond donors (Lipinski definition) is 1. The van der Waals surface area contributed by atoms with Crippen LogP contribution in [0.25, 0.3) is 0 Å². The third kappa shape index (κ3) is 4.11. The predicted molar refractivity (Wildman–Crippen MR) is 70.9 cm³/mol. The molecule has 2 atom stereocenters. The standard InChI is InChI=1S/C15H18F3NO2/c16-15(17,18)21-13-3-1-2-10(8-13)14-11(6-7-20-14)9-19-12-4-5-12/h1-3,8,11-12,14,19H,4-7,9H2. The number of nitrogens with one attached hydrogen (secondary N) is 1. The fraction of sp³-hybridized carbons (Fsp3) is 0.600. The second-order valence-electron chi connectivity index (χ2n) is 5.64. The van der Waals surface area contributed by atoms with Crippen LogP contribution < -0.4 is 10.1 Å². The van der Waals surface area contributed by atoms with E-state index in [9.17, 15) is 13.2 Å². The maximum absolute atomic E-state index is 12.3. The third-order valence-corrected chi connectivity index (χ3v) is 3.88. The van der Waals surface area contributed by atoms with Crippen molar-refractivity contribution in [3.8, 4) is 5.75 Å². The van der Waals surface area contributed by atoms with E-state index < -0.39 is 6.36 Å². The molecule has 1 saturated carbocycles. The number of alkyl halides is 3. The minimum Gasteiger partial charge on any atom is -0.406 e. The second-order valence-corrected chi connectivity index (χ2v) is 5.64. The molecule has 1 N–H and O–H groups in total. The molecule has 1 aliphatic heterocycles. The minimum absolute atomic E-state index is 0.159. The zero-order chi connectivity index (χ0) is 14.9. The first-order valence-electron chi connectivity index (χ1n) is 7.22. The van der Waals surface area contributed by atoms with Crippen molar-refractivity contribution in [3.05, 3.63) is 29.8 Å². The topological polar surface area (TPSA) is 30.5 Å². The molecule has 1 saturated heterocycles. The Morgan fingerprint density at radius 3 is 2.76 bits per heavy atom. The van der Waals surface area contributed by atoms with Crippen molar-refractivity contribution in [2.75, 3.05) is 13.2 Å². The van der Waals surface area contributed by atoms with Gasteiger partial charge in [0.1, 0.15) is 5.75 Å². The maximum Gasteiger partial charge on any atom is 0.573 e. The Bertz CT molecular complexity index is 488. The second kappa shape index (κ2) is 5.85. The predicted octanol–water partition coefficient (Wildman–Crippen LogP) is 3.41. The Labute approximate surface area is 121 Å². The molecule has 1 aromatic rings. The van der Waals surface area contributed by atoms with Crippen LogP contribution in [-0.2, 0) is 4.74 Å². The molecule has 0 amide bonds. The first-order chi connectivity index (χ1) is 10.0. The van der Waals surface area contributed by atoms with Gasteiger partial charge in [-0.2, -0.15) is 0 Å². The minimum atomic E-state index is -4.66. The van der Waals surface area contributed by atoms with Crippen LogP contribution in [0.3, 0.4) is 0 Å². The van der Waals surface area contributed by atoms with Crippen molar-refractivity contribution < 1.29 is 22.6 Å². The average molecular weight is 301 g/mol. The molecule has 116 valence electrons. The van der Waals surface area contributed by atoms with Gasteiger partial charge in [0.25, 0.3) is 0 Å². The van der Waals surface area contributed by atoms with E-state index in [2.05, 4.69) is 10.1 Å². The van der Waals surface area contributed by atoms with Gasteiger partial charge in [0, 0.05) is 25.1 Å². The molecule has 0 bridgehead atoms. The normalized spacial score (nSPS) is 26.0. The molecule has 3 nitrogen and oxygen atoms in total. The van der Waals surface area contributed by atoms with Crippen molar-refractivity contribution in [1.82, 2.24) is 5.32 Å². The van der Waals surface area contributed by atoms with Gasteiger partial charge >= 0.3 is 6.36 Å². The molecule has 0 radical (unpaired) electrons. The van der Waals surface area contributed by atoms with E-state index in [1.54, 1.807) is 12.1 Å². The van der Waals surface area contributed by atoms with Crippen LogP contribution in [0.5, 0.6) is 5.75 Å². The summed E-state index contributed by atoms with van der Waals surface area (Å²) in [5.41, 5.74) is 0.747. The average Bonchev–Trinajstić information content (AvgIpc) is 3.11. The van der Waals surface area contributed by atoms with Crippen LogP contribution in [0.2, 0.25) is 0 Å². The van der Waals surface area contributed by atoms with Gasteiger partial charge in [-0.3, -0.25) is 0 Å². The highest BCUT2D eigenvalue weighted by atomic mass is 19.4. The number of ether oxygens (including phenoxy) is 2. The van der Waals surface area contributed by atoms with E-state index in [-0.39, 0.29) is 11.9 Å². The van der Waals surface area contributed by atoms with E-state index in [1.165, 1.54) is 25.0 Å². The van der Waals surface area contributed by atoms with Crippen molar-refractivity contribution >= 4 is 0 Å². The van der Waals surface area contributed by atoms with E-state index in [0.717, 1.165) is 18.5 Å². The van der Waals surface area contributed by atoms with E-state index >= 15 is 0 Å². The zero-order valence-electron chi connectivity index (χ0n) is 11.5. The molecule has 0 spiro atoms. The fourth-order valence-corrected chi connectivity index (χ4v) is 2.71. The summed E-state index contributed by atoms with van der Waals surface area (Å²) in [5.74, 6) is 0.108. The lowest BCUT2D eigenvalue weighted by Gasteiger charge is -2.20. The summed E-state index contributed by atoms with van der Waals surface area (Å²) in [6, 6.07) is 6.72. The van der Waals surface area contributed by atoms with Gasteiger partial charge in [0.15, 0.2) is 0 Å². The summed E-state index contributed by atoms with van der Waals surface area (Å²) >= 11 is 0. The van der Waals surface area contributed by atoms with Crippen LogP contribution in [0, 0.1) is 5.92 Å². The van der Waals surface area contributed by atoms with Crippen LogP contribution in [0.1, 0.15) is 30.9 Å². The zero-order valence-corrected chi connectivity index (χ0v) is 11.5. The Morgan fingerprint density at radius 2 is 2.05 bits per heavy atom. The molecule has 6 heteroatoms. The van der Waals surface area contributed by atoms with Gasteiger partial charge in [0.2, 0.25) is 0 Å². The summed E-state index contributed by atoms with van der Waals surface area (Å²) in [6.45, 7) is 1.49. The Balaban J connectivity index is 1.67. The number of rotatable bonds is 5. The molecule has 3 rings (SSSR count). The first kappa shape index (κ1) is 14.7. The van der Waals surface area contributed by atoms with Gasteiger partial charge < -0.3 is 14.8 Å². The van der Waals surface area contributed by atoms with Crippen LogP contribution >= 0.6 is 0 Å². The van der Waals surface area contributed by atoms with E-state index in [1.807, 2.05) is 0 Å². The van der Waals surface area contributed by atoms with Crippen molar-refractivity contribution in [2.24, 2.45) is 5.92 Å². The SMILES string of the molecule is FC(F)(F)Oc1cccc(C2OCCC2CNC2CC2)c1. The lowest BCUT2D eigenvalue weighted by molar-refractivity contribution is -0.274. The molecule has 21 heavy (non-hydrogen) atoms. The maximum atomic E-state index is 12.3. The van der Waals surface area contributed by atoms with Crippen molar-refractivity contribution in [3.63, 3.8) is 0 Å². The van der Waals surface area contributed by atoms with Gasteiger partial charge in [-0.25, -0.2) is 0 Å². The lowest BCUT2D eigenvalue weighted by Crippen LogP contribution is -2.26. The van der Waals surface area contributed by atoms with Crippen molar-refractivity contribution in [1.29, 1.82) is 0 Å². The highest BCUT2D eigenvalue weighted by molar-refractivity contribution is 5.31. The molecule has 1 aliphatic carbocycles. The Kier molecular flexibility index (Phi) is 4.08. The largest absolute Gasteiger partial charge is 0.573 e. The number of hydrogen-bond acceptors (Lipinski definition) is 3. The van der Waals surface area contributed by atoms with Crippen LogP contribution in [0.15, 0.2) is 24.3 Å². The van der Waals surface area contributed by atoms with Gasteiger partial charge in [-0.1, -0.05) is 12.1 Å². The summed E-state index contributed by atoms with van der Waals surface area (Å²) in [5, 5.41) is 3.46. The van der Waals surface area contributed by atoms with E-state index in [4.69, 9.17) is 4.74 Å². The monoisotopic (exact) mass is 301 g/mol. The van der Waals surface area contributed by atoms with Crippen LogP contribution in [-0.4, -0.2) is 25.6 Å². The molecule has 1 aromatic carbocycles. The summed E-state index contributed by atoms with van der Waals surface area (Å²) in [6.07, 6.45) is -1.47. The summed E-state index contributed by atoms with van der Waals surface area (Å²) < 4.78 is 46.5. The highest BCUT2D eigenvalue weighted by Gasteiger charge is 2.33. The highest BCUT2D eigenvalue weighted by Crippen LogP contribution is 2.36. The van der Waals surface area contributed by atoms with Gasteiger partial charge in [-0.15, -0.1) is 13.2 Å². The molecule has 2 fully saturated rings. The van der Waals surface area contributed by atoms with E-state index in [0.29, 0.717) is 18.6 Å². The molecular formula is C15H18F3NO2. The van der Waals surface area contributed by atoms with Crippen LogP contribution in [0.4, 0.5) is 13.2 Å². The molecule has 2 unspecified atom stereocenters. The van der Waals surface area contributed by atoms with Gasteiger partial charge in [0.05, 0.1) is 6.10 Å². The summed E-state index contributed by atoms with van der Waals surface area (Å²) in [4.78, 5) is 0. The third-order valence-electron chi connectivity index (χ3n) is 3.88. The Morgan fingerprint density at radius 1 is 1.24 bits per heavy atom. The lowest BCUT2D eigenvalue weighted by atomic mass is 9.95. The first-order valence-corrected chi connectivity index (χ1v) is 7.22. The number of benzene rings is 1. The quantitative estimate of drug-likeness (QED) is 0.904. The molecule has 0 aromatic heterocycles. The number of halogens is 3. The Hall–Kier alpha value is -1.27. The smallest absolute Gasteiger partial charge is 0.406 e. The summed E-state index contributed by atoms with van der Waals surface area (Å²) in [7, 11) is 0. The fourth-order valence-electron chi connectivity index (χ4n) is 2.71. The van der Waals surface area contributed by atoms with Gasteiger partial charge in [-0.05, 0) is 37.0 Å².